The Morgan fingerprint density at radius 1 is 1.47 bits per heavy atom. The van der Waals surface area contributed by atoms with Crippen LogP contribution in [0.4, 0.5) is 0 Å². The largest absolute Gasteiger partial charge is 0.480 e. The van der Waals surface area contributed by atoms with Gasteiger partial charge in [-0.25, -0.2) is 4.79 Å². The number of carboxylic acid groups (broad SMARTS) is 1. The van der Waals surface area contributed by atoms with E-state index in [1.165, 1.54) is 26.2 Å². The molecule has 0 spiro atoms. The van der Waals surface area contributed by atoms with Crippen molar-refractivity contribution in [3.8, 4) is 0 Å². The lowest BCUT2D eigenvalue weighted by Crippen LogP contribution is -2.49. The van der Waals surface area contributed by atoms with Gasteiger partial charge in [-0.2, -0.15) is 0 Å². The summed E-state index contributed by atoms with van der Waals surface area (Å²) < 4.78 is 4.95. The average Bonchev–Trinajstić information content (AvgIpc) is 2.50. The monoisotopic (exact) mass is 211 g/mol. The Bertz CT molecular complexity index is 392. The summed E-state index contributed by atoms with van der Waals surface area (Å²) in [4.78, 5) is 22.4. The first-order valence-corrected chi connectivity index (χ1v) is 4.44. The number of hydrogen-bond acceptors (Lipinski definition) is 3. The molecule has 1 aromatic heterocycles. The fourth-order valence-corrected chi connectivity index (χ4v) is 1.03. The van der Waals surface area contributed by atoms with E-state index in [1.54, 1.807) is 6.92 Å². The van der Waals surface area contributed by atoms with E-state index >= 15 is 0 Å². The molecule has 0 radical (unpaired) electrons. The van der Waals surface area contributed by atoms with Crippen LogP contribution in [0.5, 0.6) is 0 Å². The van der Waals surface area contributed by atoms with E-state index in [2.05, 4.69) is 5.32 Å². The predicted octanol–water partition coefficient (Wildman–Crippen LogP) is 1.18. The lowest BCUT2D eigenvalue weighted by Gasteiger charge is -2.20. The average molecular weight is 211 g/mol. The van der Waals surface area contributed by atoms with Gasteiger partial charge in [0.15, 0.2) is 0 Å². The molecule has 0 atom stereocenters. The molecule has 0 saturated carbocycles. The van der Waals surface area contributed by atoms with Crippen molar-refractivity contribution in [2.75, 3.05) is 0 Å². The molecule has 0 aliphatic heterocycles. The van der Waals surface area contributed by atoms with E-state index in [4.69, 9.17) is 9.52 Å². The zero-order chi connectivity index (χ0) is 11.6. The van der Waals surface area contributed by atoms with Gasteiger partial charge < -0.3 is 14.8 Å². The van der Waals surface area contributed by atoms with Crippen LogP contribution in [0.3, 0.4) is 0 Å². The molecule has 1 amide bonds. The maximum Gasteiger partial charge on any atom is 0.328 e. The highest BCUT2D eigenvalue weighted by molar-refractivity contribution is 5.98. The molecule has 0 bridgehead atoms. The van der Waals surface area contributed by atoms with Gasteiger partial charge in [0.25, 0.3) is 5.91 Å². The Kier molecular flexibility index (Phi) is 2.83. The number of aryl methyl sites for hydroxylation is 1. The smallest absolute Gasteiger partial charge is 0.328 e. The van der Waals surface area contributed by atoms with Crippen LogP contribution in [0.1, 0.15) is 30.0 Å². The Morgan fingerprint density at radius 3 is 2.47 bits per heavy atom. The number of aliphatic carboxylic acids is 1. The van der Waals surface area contributed by atoms with Crippen molar-refractivity contribution in [1.29, 1.82) is 0 Å². The minimum Gasteiger partial charge on any atom is -0.480 e. The summed E-state index contributed by atoms with van der Waals surface area (Å²) in [7, 11) is 0. The van der Waals surface area contributed by atoms with Crippen LogP contribution in [-0.4, -0.2) is 22.5 Å². The zero-order valence-electron chi connectivity index (χ0n) is 8.83. The third-order valence-electron chi connectivity index (χ3n) is 2.06. The van der Waals surface area contributed by atoms with E-state index in [9.17, 15) is 9.59 Å². The van der Waals surface area contributed by atoms with Crippen LogP contribution >= 0.6 is 0 Å². The third kappa shape index (κ3) is 2.37. The van der Waals surface area contributed by atoms with Crippen molar-refractivity contribution < 1.29 is 19.1 Å². The van der Waals surface area contributed by atoms with Gasteiger partial charge in [-0.15, -0.1) is 0 Å². The molecule has 0 saturated heterocycles. The minimum absolute atomic E-state index is 0.351. The highest BCUT2D eigenvalue weighted by atomic mass is 16.4. The summed E-state index contributed by atoms with van der Waals surface area (Å²) in [6.45, 7) is 4.48. The topological polar surface area (TPSA) is 79.5 Å². The standard InChI is InChI=1S/C10H13NO4/c1-6-7(4-5-15-6)8(12)11-10(2,3)9(13)14/h4-5H,1-3H3,(H,11,12)(H,13,14). The van der Waals surface area contributed by atoms with Crippen molar-refractivity contribution >= 4 is 11.9 Å². The Morgan fingerprint density at radius 2 is 2.07 bits per heavy atom. The predicted molar refractivity (Wildman–Crippen MR) is 52.6 cm³/mol. The number of rotatable bonds is 3. The van der Waals surface area contributed by atoms with E-state index in [0.29, 0.717) is 11.3 Å². The number of nitrogens with one attached hydrogen (secondary N) is 1. The SMILES string of the molecule is Cc1occc1C(=O)NC(C)(C)C(=O)O. The Labute approximate surface area is 87.1 Å². The molecule has 0 aromatic carbocycles. The molecule has 2 N–H and O–H groups in total. The molecule has 82 valence electrons. The molecule has 5 nitrogen and oxygen atoms in total. The maximum atomic E-state index is 11.6. The van der Waals surface area contributed by atoms with Crippen LogP contribution < -0.4 is 5.32 Å². The number of amides is 1. The van der Waals surface area contributed by atoms with Crippen molar-refractivity contribution in [3.63, 3.8) is 0 Å². The zero-order valence-corrected chi connectivity index (χ0v) is 8.83. The highest BCUT2D eigenvalue weighted by Crippen LogP contribution is 2.11. The van der Waals surface area contributed by atoms with Crippen molar-refractivity contribution in [2.45, 2.75) is 26.3 Å². The molecule has 0 unspecified atom stereocenters. The van der Waals surface area contributed by atoms with Gasteiger partial charge in [0.1, 0.15) is 11.3 Å². The van der Waals surface area contributed by atoms with Gasteiger partial charge in [-0.1, -0.05) is 0 Å². The van der Waals surface area contributed by atoms with Crippen LogP contribution in [0.15, 0.2) is 16.7 Å². The van der Waals surface area contributed by atoms with Gasteiger partial charge in [0.2, 0.25) is 0 Å². The maximum absolute atomic E-state index is 11.6. The molecule has 0 aliphatic carbocycles. The fourth-order valence-electron chi connectivity index (χ4n) is 1.03. The molecular formula is C10H13NO4. The van der Waals surface area contributed by atoms with Gasteiger partial charge in [0.05, 0.1) is 11.8 Å². The molecule has 1 heterocycles. The first-order valence-electron chi connectivity index (χ1n) is 4.44. The van der Waals surface area contributed by atoms with Gasteiger partial charge in [-0.05, 0) is 26.8 Å². The summed E-state index contributed by atoms with van der Waals surface area (Å²) in [5.74, 6) is -1.07. The highest BCUT2D eigenvalue weighted by Gasteiger charge is 2.30. The number of hydrogen-bond donors (Lipinski definition) is 2. The Hall–Kier alpha value is -1.78. The first-order chi connectivity index (χ1) is 6.84. The minimum atomic E-state index is -1.29. The van der Waals surface area contributed by atoms with Crippen molar-refractivity contribution in [2.24, 2.45) is 0 Å². The fraction of sp³-hybridized carbons (Fsp3) is 0.400. The molecular weight excluding hydrogens is 198 g/mol. The molecule has 5 heteroatoms. The number of furan rings is 1. The van der Waals surface area contributed by atoms with Crippen LogP contribution in [0.25, 0.3) is 0 Å². The number of carbonyl (C=O) groups is 2. The number of carbonyl (C=O) groups excluding carboxylic acids is 1. The summed E-state index contributed by atoms with van der Waals surface area (Å²) >= 11 is 0. The van der Waals surface area contributed by atoms with Gasteiger partial charge in [0, 0.05) is 0 Å². The first kappa shape index (κ1) is 11.3. The second-order valence-corrected chi connectivity index (χ2v) is 3.77. The molecule has 1 aromatic rings. The van der Waals surface area contributed by atoms with Gasteiger partial charge >= 0.3 is 5.97 Å². The summed E-state index contributed by atoms with van der Waals surface area (Å²) in [6.07, 6.45) is 1.39. The molecule has 0 aliphatic rings. The quantitative estimate of drug-likeness (QED) is 0.786. The summed E-state index contributed by atoms with van der Waals surface area (Å²) in [5.41, 5.74) is -0.940. The van der Waals surface area contributed by atoms with E-state index in [-0.39, 0.29) is 0 Å². The lowest BCUT2D eigenvalue weighted by atomic mass is 10.1. The molecule has 0 fully saturated rings. The summed E-state index contributed by atoms with van der Waals surface area (Å²) in [5, 5.41) is 11.2. The van der Waals surface area contributed by atoms with E-state index < -0.39 is 17.4 Å². The van der Waals surface area contributed by atoms with E-state index in [1.807, 2.05) is 0 Å². The van der Waals surface area contributed by atoms with Crippen LogP contribution in [0.2, 0.25) is 0 Å². The second kappa shape index (κ2) is 3.76. The molecule has 15 heavy (non-hydrogen) atoms. The Balaban J connectivity index is 2.81. The molecule has 1 rings (SSSR count). The normalized spacial score (nSPS) is 11.1. The second-order valence-electron chi connectivity index (χ2n) is 3.77. The van der Waals surface area contributed by atoms with Crippen molar-refractivity contribution in [3.05, 3.63) is 23.7 Å². The van der Waals surface area contributed by atoms with E-state index in [0.717, 1.165) is 0 Å². The third-order valence-corrected chi connectivity index (χ3v) is 2.06. The van der Waals surface area contributed by atoms with Crippen LogP contribution in [0, 0.1) is 6.92 Å². The number of carboxylic acids is 1. The van der Waals surface area contributed by atoms with Crippen molar-refractivity contribution in [1.82, 2.24) is 5.32 Å². The van der Waals surface area contributed by atoms with Crippen LogP contribution in [-0.2, 0) is 4.79 Å². The van der Waals surface area contributed by atoms with Gasteiger partial charge in [-0.3, -0.25) is 4.79 Å². The lowest BCUT2D eigenvalue weighted by molar-refractivity contribution is -0.143. The summed E-state index contributed by atoms with van der Waals surface area (Å²) in [6, 6.07) is 1.50.